The second kappa shape index (κ2) is 2.46. The Kier molecular flexibility index (Phi) is 1.47. The highest BCUT2D eigenvalue weighted by Gasteiger charge is 2.12. The van der Waals surface area contributed by atoms with Crippen molar-refractivity contribution in [2.24, 2.45) is 0 Å². The van der Waals surface area contributed by atoms with Crippen molar-refractivity contribution in [2.75, 3.05) is 13.3 Å². The van der Waals surface area contributed by atoms with E-state index >= 15 is 0 Å². The summed E-state index contributed by atoms with van der Waals surface area (Å²) in [4.78, 5) is 0. The van der Waals surface area contributed by atoms with Gasteiger partial charge in [0.05, 0.1) is 0 Å². The van der Waals surface area contributed by atoms with Gasteiger partial charge in [0, 0.05) is 6.54 Å². The smallest absolute Gasteiger partial charge is 0.139 e. The number of rotatable bonds is 0. The average Bonchev–Trinajstić information content (AvgIpc) is 2.05. The zero-order chi connectivity index (χ0) is 6.81. The molecule has 54 valence electrons. The molecule has 2 rings (SSSR count). The lowest BCUT2D eigenvalue weighted by molar-refractivity contribution is 0.179. The van der Waals surface area contributed by atoms with Crippen LogP contribution in [0, 0.1) is 0 Å². The van der Waals surface area contributed by atoms with Gasteiger partial charge in [0.1, 0.15) is 12.5 Å². The van der Waals surface area contributed by atoms with E-state index in [4.69, 9.17) is 4.74 Å². The van der Waals surface area contributed by atoms with Gasteiger partial charge in [0.15, 0.2) is 0 Å². The summed E-state index contributed by atoms with van der Waals surface area (Å²) >= 11 is 0. The van der Waals surface area contributed by atoms with Gasteiger partial charge in [0.25, 0.3) is 0 Å². The van der Waals surface area contributed by atoms with Gasteiger partial charge in [-0.25, -0.2) is 0 Å². The maximum absolute atomic E-state index is 5.36. The molecule has 2 aliphatic rings. The van der Waals surface area contributed by atoms with Crippen LogP contribution in [0.2, 0.25) is 0 Å². The van der Waals surface area contributed by atoms with Gasteiger partial charge in [-0.2, -0.15) is 0 Å². The van der Waals surface area contributed by atoms with Crippen LogP contribution in [0.4, 0.5) is 0 Å². The molecule has 0 amide bonds. The van der Waals surface area contributed by atoms with Crippen molar-refractivity contribution in [3.05, 3.63) is 23.5 Å². The van der Waals surface area contributed by atoms with E-state index in [1.807, 2.05) is 0 Å². The SMILES string of the molecule is C1=CC2=C(CC1)CNCO2. The summed E-state index contributed by atoms with van der Waals surface area (Å²) in [6.07, 6.45) is 6.59. The normalized spacial score (nSPS) is 24.0. The molecular formula is C8H11NO. The van der Waals surface area contributed by atoms with Gasteiger partial charge < -0.3 is 4.74 Å². The lowest BCUT2D eigenvalue weighted by atomic mass is 10.0. The lowest BCUT2D eigenvalue weighted by Crippen LogP contribution is -2.27. The van der Waals surface area contributed by atoms with Crippen molar-refractivity contribution in [3.63, 3.8) is 0 Å². The Morgan fingerprint density at radius 2 is 2.50 bits per heavy atom. The minimum atomic E-state index is 0.670. The predicted molar refractivity (Wildman–Crippen MR) is 39.4 cm³/mol. The monoisotopic (exact) mass is 137 g/mol. The summed E-state index contributed by atoms with van der Waals surface area (Å²) in [6, 6.07) is 0. The van der Waals surface area contributed by atoms with Crippen LogP contribution >= 0.6 is 0 Å². The van der Waals surface area contributed by atoms with Crippen molar-refractivity contribution in [1.29, 1.82) is 0 Å². The van der Waals surface area contributed by atoms with Gasteiger partial charge in [-0.05, 0) is 24.5 Å². The van der Waals surface area contributed by atoms with Crippen LogP contribution in [0.15, 0.2) is 23.5 Å². The van der Waals surface area contributed by atoms with Crippen molar-refractivity contribution >= 4 is 0 Å². The summed E-state index contributed by atoms with van der Waals surface area (Å²) in [7, 11) is 0. The van der Waals surface area contributed by atoms with Crippen LogP contribution in [-0.4, -0.2) is 13.3 Å². The van der Waals surface area contributed by atoms with Crippen LogP contribution in [0.25, 0.3) is 0 Å². The summed E-state index contributed by atoms with van der Waals surface area (Å²) in [5.74, 6) is 1.10. The Bertz CT molecular complexity index is 193. The molecule has 2 heteroatoms. The molecule has 0 aromatic carbocycles. The molecule has 0 spiro atoms. The van der Waals surface area contributed by atoms with Crippen LogP contribution < -0.4 is 5.32 Å². The standard InChI is InChI=1S/C8H11NO/c1-2-4-8-7(3-1)5-9-6-10-8/h2,4,9H,1,3,5-6H2. The van der Waals surface area contributed by atoms with E-state index in [2.05, 4.69) is 17.5 Å². The van der Waals surface area contributed by atoms with Gasteiger partial charge in [0.2, 0.25) is 0 Å². The van der Waals surface area contributed by atoms with Crippen molar-refractivity contribution in [1.82, 2.24) is 5.32 Å². The van der Waals surface area contributed by atoms with Gasteiger partial charge in [-0.3, -0.25) is 5.32 Å². The average molecular weight is 137 g/mol. The molecular weight excluding hydrogens is 126 g/mol. The fourth-order valence-corrected chi connectivity index (χ4v) is 1.35. The minimum absolute atomic E-state index is 0.670. The van der Waals surface area contributed by atoms with Gasteiger partial charge in [-0.1, -0.05) is 6.08 Å². The number of hydrogen-bond acceptors (Lipinski definition) is 2. The molecule has 0 unspecified atom stereocenters. The van der Waals surface area contributed by atoms with Crippen molar-refractivity contribution < 1.29 is 4.74 Å². The van der Waals surface area contributed by atoms with E-state index in [0.717, 1.165) is 12.3 Å². The highest BCUT2D eigenvalue weighted by Crippen LogP contribution is 2.20. The molecule has 0 saturated carbocycles. The second-order valence-electron chi connectivity index (χ2n) is 2.62. The van der Waals surface area contributed by atoms with Crippen LogP contribution in [0.1, 0.15) is 12.8 Å². The van der Waals surface area contributed by atoms with Gasteiger partial charge in [-0.15, -0.1) is 0 Å². The van der Waals surface area contributed by atoms with E-state index in [9.17, 15) is 0 Å². The highest BCUT2D eigenvalue weighted by atomic mass is 16.5. The molecule has 1 aliphatic heterocycles. The summed E-state index contributed by atoms with van der Waals surface area (Å²) in [5.41, 5.74) is 1.42. The molecule has 0 saturated heterocycles. The maximum atomic E-state index is 5.36. The quantitative estimate of drug-likeness (QED) is 0.541. The first-order valence-electron chi connectivity index (χ1n) is 3.69. The third kappa shape index (κ3) is 0.948. The van der Waals surface area contributed by atoms with Crippen LogP contribution in [-0.2, 0) is 4.74 Å². The molecule has 2 nitrogen and oxygen atoms in total. The van der Waals surface area contributed by atoms with E-state index in [0.29, 0.717) is 6.73 Å². The van der Waals surface area contributed by atoms with E-state index in [1.54, 1.807) is 0 Å². The van der Waals surface area contributed by atoms with Gasteiger partial charge >= 0.3 is 0 Å². The molecule has 0 atom stereocenters. The largest absolute Gasteiger partial charge is 0.478 e. The molecule has 10 heavy (non-hydrogen) atoms. The van der Waals surface area contributed by atoms with Crippen molar-refractivity contribution in [2.45, 2.75) is 12.8 Å². The lowest BCUT2D eigenvalue weighted by Gasteiger charge is -2.22. The summed E-state index contributed by atoms with van der Waals surface area (Å²) < 4.78 is 5.36. The molecule has 0 bridgehead atoms. The highest BCUT2D eigenvalue weighted by molar-refractivity contribution is 5.26. The van der Waals surface area contributed by atoms with Crippen LogP contribution in [0.5, 0.6) is 0 Å². The topological polar surface area (TPSA) is 21.3 Å². The molecule has 0 fully saturated rings. The Morgan fingerprint density at radius 1 is 1.50 bits per heavy atom. The molecule has 1 heterocycles. The number of nitrogens with one attached hydrogen (secondary N) is 1. The fourth-order valence-electron chi connectivity index (χ4n) is 1.35. The Hall–Kier alpha value is -0.760. The van der Waals surface area contributed by atoms with E-state index in [1.165, 1.54) is 18.4 Å². The zero-order valence-electron chi connectivity index (χ0n) is 5.89. The molecule has 1 aliphatic carbocycles. The maximum Gasteiger partial charge on any atom is 0.139 e. The first kappa shape index (κ1) is 5.98. The minimum Gasteiger partial charge on any atom is -0.478 e. The third-order valence-corrected chi connectivity index (χ3v) is 1.90. The van der Waals surface area contributed by atoms with E-state index < -0.39 is 0 Å². The Balaban J connectivity index is 2.23. The Morgan fingerprint density at radius 3 is 3.40 bits per heavy atom. The molecule has 1 N–H and O–H groups in total. The first-order chi connectivity index (χ1) is 4.97. The molecule has 0 aromatic rings. The fraction of sp³-hybridized carbons (Fsp3) is 0.500. The van der Waals surface area contributed by atoms with Crippen LogP contribution in [0.3, 0.4) is 0 Å². The summed E-state index contributed by atoms with van der Waals surface area (Å²) in [5, 5.41) is 3.17. The third-order valence-electron chi connectivity index (χ3n) is 1.90. The number of hydrogen-bond donors (Lipinski definition) is 1. The molecule has 0 aromatic heterocycles. The second-order valence-corrected chi connectivity index (χ2v) is 2.62. The molecule has 0 radical (unpaired) electrons. The summed E-state index contributed by atoms with van der Waals surface area (Å²) in [6.45, 7) is 1.68. The van der Waals surface area contributed by atoms with Crippen molar-refractivity contribution in [3.8, 4) is 0 Å². The zero-order valence-corrected chi connectivity index (χ0v) is 5.89. The number of allylic oxidation sites excluding steroid dienone is 2. The number of ether oxygens (including phenoxy) is 1. The van der Waals surface area contributed by atoms with E-state index in [-0.39, 0.29) is 0 Å². The Labute approximate surface area is 60.6 Å². The first-order valence-corrected chi connectivity index (χ1v) is 3.69. The predicted octanol–water partition coefficient (Wildman–Crippen LogP) is 1.17.